The van der Waals surface area contributed by atoms with Gasteiger partial charge < -0.3 is 5.32 Å². The number of aromatic nitrogens is 1. The second kappa shape index (κ2) is 5.00. The Kier molecular flexibility index (Phi) is 3.43. The normalized spacial score (nSPS) is 10.3. The van der Waals surface area contributed by atoms with Gasteiger partial charge in [-0.1, -0.05) is 12.1 Å². The quantitative estimate of drug-likeness (QED) is 0.861. The number of pyridine rings is 1. The molecule has 1 aromatic heterocycles. The number of rotatable bonds is 3. The molecule has 0 saturated heterocycles. The van der Waals surface area contributed by atoms with Crippen LogP contribution in [0.25, 0.3) is 11.3 Å². The molecule has 0 atom stereocenters. The van der Waals surface area contributed by atoms with Crippen molar-refractivity contribution in [1.29, 1.82) is 0 Å². The number of nitrogens with one attached hydrogen (secondary N) is 1. The Morgan fingerprint density at radius 2 is 1.88 bits per heavy atom. The van der Waals surface area contributed by atoms with Crippen LogP contribution in [0.15, 0.2) is 36.5 Å². The molecule has 0 fully saturated rings. The first kappa shape index (κ1) is 11.6. The van der Waals surface area contributed by atoms with E-state index >= 15 is 0 Å². The minimum absolute atomic E-state index is 0.927. The SMILES string of the molecule is CCNc1ccnc(-c2ccc(C)c(C)c2)c1. The van der Waals surface area contributed by atoms with Crippen molar-refractivity contribution in [2.45, 2.75) is 20.8 Å². The fourth-order valence-electron chi connectivity index (χ4n) is 1.80. The Bertz CT molecular complexity index is 518. The molecule has 0 amide bonds. The monoisotopic (exact) mass is 226 g/mol. The van der Waals surface area contributed by atoms with Crippen molar-refractivity contribution < 1.29 is 0 Å². The summed E-state index contributed by atoms with van der Waals surface area (Å²) in [5.41, 5.74) is 5.94. The lowest BCUT2D eigenvalue weighted by Crippen LogP contribution is -1.97. The van der Waals surface area contributed by atoms with Gasteiger partial charge in [0.2, 0.25) is 0 Å². The molecule has 1 N–H and O–H groups in total. The van der Waals surface area contributed by atoms with Gasteiger partial charge in [0.1, 0.15) is 0 Å². The van der Waals surface area contributed by atoms with Crippen molar-refractivity contribution in [1.82, 2.24) is 4.98 Å². The van der Waals surface area contributed by atoms with Crippen molar-refractivity contribution in [2.24, 2.45) is 0 Å². The molecule has 2 aromatic rings. The summed E-state index contributed by atoms with van der Waals surface area (Å²) in [7, 11) is 0. The number of anilines is 1. The first-order valence-corrected chi connectivity index (χ1v) is 5.98. The molecular formula is C15H18N2. The van der Waals surface area contributed by atoms with Crippen LogP contribution in [0.4, 0.5) is 5.69 Å². The third-order valence-corrected chi connectivity index (χ3v) is 2.94. The zero-order valence-corrected chi connectivity index (χ0v) is 10.6. The molecule has 1 aromatic carbocycles. The average Bonchev–Trinajstić information content (AvgIpc) is 2.33. The highest BCUT2D eigenvalue weighted by molar-refractivity contribution is 5.65. The van der Waals surface area contributed by atoms with Gasteiger partial charge in [-0.3, -0.25) is 4.98 Å². The van der Waals surface area contributed by atoms with Crippen LogP contribution in [0, 0.1) is 13.8 Å². The topological polar surface area (TPSA) is 24.9 Å². The van der Waals surface area contributed by atoms with Gasteiger partial charge in [-0.25, -0.2) is 0 Å². The molecule has 0 radical (unpaired) electrons. The second-order valence-corrected chi connectivity index (χ2v) is 4.26. The summed E-state index contributed by atoms with van der Waals surface area (Å²) in [5, 5.41) is 3.30. The Hall–Kier alpha value is -1.83. The predicted molar refractivity (Wildman–Crippen MR) is 73.3 cm³/mol. The largest absolute Gasteiger partial charge is 0.385 e. The zero-order chi connectivity index (χ0) is 12.3. The van der Waals surface area contributed by atoms with Crippen molar-refractivity contribution in [3.63, 3.8) is 0 Å². The molecule has 0 saturated carbocycles. The molecule has 0 aliphatic carbocycles. The van der Waals surface area contributed by atoms with E-state index in [4.69, 9.17) is 0 Å². The third-order valence-electron chi connectivity index (χ3n) is 2.94. The highest BCUT2D eigenvalue weighted by Gasteiger charge is 2.02. The first-order chi connectivity index (χ1) is 8.20. The Labute approximate surface area is 103 Å². The average molecular weight is 226 g/mol. The van der Waals surface area contributed by atoms with E-state index in [1.165, 1.54) is 16.7 Å². The fourth-order valence-corrected chi connectivity index (χ4v) is 1.80. The van der Waals surface area contributed by atoms with E-state index in [0.717, 1.165) is 17.9 Å². The lowest BCUT2D eigenvalue weighted by atomic mass is 10.0. The number of aryl methyl sites for hydroxylation is 2. The van der Waals surface area contributed by atoms with Crippen molar-refractivity contribution >= 4 is 5.69 Å². The summed E-state index contributed by atoms with van der Waals surface area (Å²) < 4.78 is 0. The Morgan fingerprint density at radius 1 is 1.06 bits per heavy atom. The molecule has 0 unspecified atom stereocenters. The summed E-state index contributed by atoms with van der Waals surface area (Å²) in [6.45, 7) is 7.28. The van der Waals surface area contributed by atoms with Gasteiger partial charge in [0.25, 0.3) is 0 Å². The van der Waals surface area contributed by atoms with E-state index in [2.05, 4.69) is 55.3 Å². The van der Waals surface area contributed by atoms with E-state index in [1.807, 2.05) is 12.3 Å². The highest BCUT2D eigenvalue weighted by Crippen LogP contribution is 2.22. The van der Waals surface area contributed by atoms with Gasteiger partial charge in [-0.05, 0) is 50.1 Å². The third kappa shape index (κ3) is 2.64. The number of hydrogen-bond donors (Lipinski definition) is 1. The molecule has 17 heavy (non-hydrogen) atoms. The molecule has 0 spiro atoms. The minimum atomic E-state index is 0.927. The Morgan fingerprint density at radius 3 is 2.59 bits per heavy atom. The number of hydrogen-bond acceptors (Lipinski definition) is 2. The number of benzene rings is 1. The minimum Gasteiger partial charge on any atom is -0.385 e. The van der Waals surface area contributed by atoms with Gasteiger partial charge in [-0.15, -0.1) is 0 Å². The molecular weight excluding hydrogens is 208 g/mol. The van der Waals surface area contributed by atoms with Crippen LogP contribution in [0.2, 0.25) is 0 Å². The second-order valence-electron chi connectivity index (χ2n) is 4.26. The maximum absolute atomic E-state index is 4.42. The van der Waals surface area contributed by atoms with Crippen LogP contribution >= 0.6 is 0 Å². The van der Waals surface area contributed by atoms with Crippen LogP contribution in [-0.4, -0.2) is 11.5 Å². The smallest absolute Gasteiger partial charge is 0.0722 e. The van der Waals surface area contributed by atoms with Gasteiger partial charge in [-0.2, -0.15) is 0 Å². The maximum Gasteiger partial charge on any atom is 0.0722 e. The summed E-state index contributed by atoms with van der Waals surface area (Å²) >= 11 is 0. The van der Waals surface area contributed by atoms with Gasteiger partial charge in [0.15, 0.2) is 0 Å². The standard InChI is InChI=1S/C15H18N2/c1-4-16-14-7-8-17-15(10-14)13-6-5-11(2)12(3)9-13/h5-10H,4H2,1-3H3,(H,16,17). The highest BCUT2D eigenvalue weighted by atomic mass is 14.9. The molecule has 0 aliphatic rings. The molecule has 2 rings (SSSR count). The van der Waals surface area contributed by atoms with Gasteiger partial charge >= 0.3 is 0 Å². The summed E-state index contributed by atoms with van der Waals surface area (Å²) in [6.07, 6.45) is 1.85. The molecule has 0 bridgehead atoms. The van der Waals surface area contributed by atoms with Crippen molar-refractivity contribution in [3.05, 3.63) is 47.7 Å². The fraction of sp³-hybridized carbons (Fsp3) is 0.267. The van der Waals surface area contributed by atoms with Crippen LogP contribution in [0.5, 0.6) is 0 Å². The molecule has 0 aliphatic heterocycles. The Balaban J connectivity index is 2.38. The zero-order valence-electron chi connectivity index (χ0n) is 10.6. The van der Waals surface area contributed by atoms with Crippen LogP contribution in [0.3, 0.4) is 0 Å². The maximum atomic E-state index is 4.42. The van der Waals surface area contributed by atoms with E-state index < -0.39 is 0 Å². The lowest BCUT2D eigenvalue weighted by Gasteiger charge is -2.07. The molecule has 2 heteroatoms. The summed E-state index contributed by atoms with van der Waals surface area (Å²) in [4.78, 5) is 4.42. The van der Waals surface area contributed by atoms with Gasteiger partial charge in [0, 0.05) is 24.0 Å². The molecule has 88 valence electrons. The summed E-state index contributed by atoms with van der Waals surface area (Å²) in [5.74, 6) is 0. The molecule has 2 nitrogen and oxygen atoms in total. The van der Waals surface area contributed by atoms with E-state index in [0.29, 0.717) is 0 Å². The van der Waals surface area contributed by atoms with Crippen LogP contribution in [-0.2, 0) is 0 Å². The van der Waals surface area contributed by atoms with Crippen LogP contribution < -0.4 is 5.32 Å². The summed E-state index contributed by atoms with van der Waals surface area (Å²) in [6, 6.07) is 10.5. The van der Waals surface area contributed by atoms with Crippen molar-refractivity contribution in [2.75, 3.05) is 11.9 Å². The van der Waals surface area contributed by atoms with E-state index in [1.54, 1.807) is 0 Å². The number of nitrogens with zero attached hydrogens (tertiary/aromatic N) is 1. The van der Waals surface area contributed by atoms with Crippen molar-refractivity contribution in [3.8, 4) is 11.3 Å². The lowest BCUT2D eigenvalue weighted by molar-refractivity contribution is 1.20. The predicted octanol–water partition coefficient (Wildman–Crippen LogP) is 3.80. The van der Waals surface area contributed by atoms with E-state index in [9.17, 15) is 0 Å². The first-order valence-electron chi connectivity index (χ1n) is 5.98. The van der Waals surface area contributed by atoms with E-state index in [-0.39, 0.29) is 0 Å². The van der Waals surface area contributed by atoms with Crippen LogP contribution in [0.1, 0.15) is 18.1 Å². The molecule has 1 heterocycles. The van der Waals surface area contributed by atoms with Gasteiger partial charge in [0.05, 0.1) is 5.69 Å².